The number of hydrogen-bond donors (Lipinski definition) is 3. The molecule has 0 amide bonds. The summed E-state index contributed by atoms with van der Waals surface area (Å²) >= 11 is 33.7. The lowest BCUT2D eigenvalue weighted by Gasteiger charge is -2.19. The predicted octanol–water partition coefficient (Wildman–Crippen LogP) is 32.0. The van der Waals surface area contributed by atoms with Crippen LogP contribution < -0.4 is 5.32 Å². The van der Waals surface area contributed by atoms with Gasteiger partial charge >= 0.3 is 0 Å². The van der Waals surface area contributed by atoms with E-state index in [9.17, 15) is 0 Å². The number of allylic oxidation sites excluding steroid dienone is 1. The fourth-order valence-electron chi connectivity index (χ4n) is 14.4. The number of fused-ring (bicyclic) bond motifs is 10. The minimum absolute atomic E-state index is 0.0782. The van der Waals surface area contributed by atoms with E-state index in [2.05, 4.69) is 368 Å². The number of nitrogens with zero attached hydrogens (tertiary/aromatic N) is 14. The Labute approximate surface area is 845 Å². The molecule has 0 unspecified atom stereocenters. The minimum atomic E-state index is 0.0782. The molecule has 0 atom stereocenters. The second-order valence-corrected chi connectivity index (χ2v) is 49.5. The Morgan fingerprint density at radius 3 is 1.61 bits per heavy atom. The number of thiazole rings is 2. The van der Waals surface area contributed by atoms with Gasteiger partial charge in [-0.1, -0.05) is 314 Å². The summed E-state index contributed by atoms with van der Waals surface area (Å²) < 4.78 is 10.1. The third kappa shape index (κ3) is 28.4. The van der Waals surface area contributed by atoms with E-state index in [0.717, 1.165) is 115 Å². The lowest BCUT2D eigenvalue weighted by molar-refractivity contribution is 0.574. The number of pyridine rings is 5. The number of nitrogens with one attached hydrogen (secondary N) is 3. The first-order valence-corrected chi connectivity index (χ1v) is 50.2. The number of benzene rings is 4. The number of hydrogen-bond acceptors (Lipinski definition) is 13. The average Bonchev–Trinajstić information content (AvgIpc) is 1.68. The summed E-state index contributed by atoms with van der Waals surface area (Å²) in [6.07, 6.45) is 27.4. The number of halogens is 5. The molecule has 15 heterocycles. The Hall–Kier alpha value is -10.2. The first-order chi connectivity index (χ1) is 63.6. The summed E-state index contributed by atoms with van der Waals surface area (Å²) in [5, 5.41) is 11.6. The van der Waals surface area contributed by atoms with Gasteiger partial charge < -0.3 is 28.8 Å². The van der Waals surface area contributed by atoms with Gasteiger partial charge in [-0.05, 0) is 162 Å². The third-order valence-corrected chi connectivity index (χ3v) is 28.0. The zero-order chi connectivity index (χ0) is 101. The smallest absolute Gasteiger partial charge is 0.234 e. The molecule has 0 radical (unpaired) electrons. The highest BCUT2D eigenvalue weighted by Gasteiger charge is 2.27. The lowest BCUT2D eigenvalue weighted by atomic mass is 9.85. The molecule has 1 aliphatic heterocycles. The van der Waals surface area contributed by atoms with Crippen molar-refractivity contribution in [2.24, 2.45) is 14.1 Å². The van der Waals surface area contributed by atoms with E-state index in [0.29, 0.717) is 10.9 Å². The third-order valence-electron chi connectivity index (χ3n) is 23.4. The van der Waals surface area contributed by atoms with Crippen LogP contribution >= 0.6 is 80.7 Å². The summed E-state index contributed by atoms with van der Waals surface area (Å²) in [4.78, 5) is 50.0. The maximum absolute atomic E-state index is 6.14. The fourth-order valence-corrected chi connectivity index (χ4v) is 17.7. The molecule has 20 rings (SSSR count). The molecule has 24 heteroatoms. The molecule has 14 aromatic heterocycles. The van der Waals surface area contributed by atoms with E-state index in [4.69, 9.17) is 58.0 Å². The standard InChI is InChI=1S/C12H15ClN2.C12H14ClN.C12H16N2.C12H17N.2C11H12ClNS.3C11H14N2.C10H12ClN3/c1-12(2,3)8-5-9-10(13)7-15(4)11(9)14-6-8;1-12(2,3)8-6-9-10(13)4-5-11(9)14-7-8;1-12(2,3)9-5-6-11-10(7-9)13-8-14(11)4;1-12(2,3)11-5-4-9-7-13-8-10(9)6-11;1-11(2,3)10-13-9-7(12)5-4-6-8(9)14-10;1-11(2,3)10-13-8-6-4-5-7(12)9(8)14-10;1-11(2,3)10-6-8-7-12-5-4-9(8)13-10;1-11(2,3)9-4-5-10-12-6-7-13(10)8-9;1-11(2,3)10-7-9-8(13-10)5-4-6-12-9;1-10(2,3)7-4-12-9-13-5-8(11)14(9)6-7/h5-7H,1-4H3;4,6-7H,5H2,1-3H3;5-8H,1-4H3;4-6,13H,7-8H2,1-3H3;2*4-6H,1-3H3;4-7,13H,1-3H3;4-8H,1-3H3;4-7,13H,1-3H3;4-6H,1-3H3. The van der Waals surface area contributed by atoms with Crippen molar-refractivity contribution >= 4 is 162 Å². The largest absolute Gasteiger partial charge is 0.358 e. The van der Waals surface area contributed by atoms with E-state index in [1.807, 2.05) is 140 Å². The van der Waals surface area contributed by atoms with Crippen LogP contribution in [0.3, 0.4) is 0 Å². The normalized spacial score (nSPS) is 12.9. The Balaban J connectivity index is 0.000000146. The van der Waals surface area contributed by atoms with Crippen LogP contribution in [0.15, 0.2) is 214 Å². The molecule has 18 aromatic rings. The lowest BCUT2D eigenvalue weighted by Crippen LogP contribution is -2.12. The van der Waals surface area contributed by atoms with Crippen LogP contribution in [-0.2, 0) is 87.8 Å². The van der Waals surface area contributed by atoms with Crippen molar-refractivity contribution in [2.75, 3.05) is 0 Å². The second-order valence-electron chi connectivity index (χ2n) is 45.5. The summed E-state index contributed by atoms with van der Waals surface area (Å²) in [5.74, 6) is 0.642. The molecular weight excluding hydrogens is 1840 g/mol. The number of aromatic amines is 2. The van der Waals surface area contributed by atoms with E-state index in [1.165, 1.54) is 71.5 Å². The molecule has 0 spiro atoms. The molecule has 1 aliphatic carbocycles. The van der Waals surface area contributed by atoms with E-state index >= 15 is 0 Å². The second kappa shape index (κ2) is 42.9. The number of rotatable bonds is 0. The van der Waals surface area contributed by atoms with Gasteiger partial charge in [0.1, 0.15) is 22.0 Å². The van der Waals surface area contributed by atoms with Gasteiger partial charge in [-0.3, -0.25) is 19.4 Å². The SMILES string of the molecule is CC(C)(C)c1cc2cnccc2[nH]1.CC(C)(C)c1cc2ncccc2[nH]1.CC(C)(C)c1ccc2c(c1)CNC2.CC(C)(C)c1ccc2nccn2c1.CC(C)(C)c1cnc2c(c1)C(Cl)=CC2.CC(C)(C)c1cnc2ncc(Cl)n2c1.CC(C)(C)c1nc2c(Cl)cccc2s1.CC(C)(C)c1nc2cccc(Cl)c2s1.Cn1cc(Cl)c2cc(C(C)(C)C)cnc21.Cn1cnc2cc(C(C)(C)C)ccc21. The molecule has 0 saturated carbocycles. The van der Waals surface area contributed by atoms with Gasteiger partial charge in [-0.25, -0.2) is 34.9 Å². The van der Waals surface area contributed by atoms with Crippen LogP contribution in [0.2, 0.25) is 20.2 Å². The van der Waals surface area contributed by atoms with E-state index < -0.39 is 0 Å². The van der Waals surface area contributed by atoms with Gasteiger partial charge in [0.15, 0.2) is 0 Å². The van der Waals surface area contributed by atoms with Crippen molar-refractivity contribution in [1.82, 2.24) is 83.1 Å². The van der Waals surface area contributed by atoms with Crippen LogP contribution in [0, 0.1) is 0 Å². The Morgan fingerprint density at radius 1 is 0.394 bits per heavy atom. The van der Waals surface area contributed by atoms with Gasteiger partial charge in [-0.15, -0.1) is 22.7 Å². The van der Waals surface area contributed by atoms with Crippen LogP contribution in [0.25, 0.3) is 80.9 Å². The Bertz CT molecular complexity index is 6930. The van der Waals surface area contributed by atoms with E-state index in [1.54, 1.807) is 33.3 Å². The van der Waals surface area contributed by atoms with Crippen molar-refractivity contribution in [3.05, 3.63) is 312 Å². The zero-order valence-electron chi connectivity index (χ0n) is 86.3. The number of imidazole rings is 3. The summed E-state index contributed by atoms with van der Waals surface area (Å²) in [5.41, 5.74) is 26.4. The van der Waals surface area contributed by atoms with Gasteiger partial charge in [-0.2, -0.15) is 0 Å². The molecule has 0 saturated heterocycles. The highest BCUT2D eigenvalue weighted by molar-refractivity contribution is 7.19. The molecule has 724 valence electrons. The monoisotopic (exact) mass is 1970 g/mol. The maximum Gasteiger partial charge on any atom is 0.234 e. The van der Waals surface area contributed by atoms with Gasteiger partial charge in [0, 0.05) is 162 Å². The quantitative estimate of drug-likeness (QED) is 0.131. The summed E-state index contributed by atoms with van der Waals surface area (Å²) in [6.45, 7) is 67.8. The van der Waals surface area contributed by atoms with Crippen molar-refractivity contribution in [1.29, 1.82) is 0 Å². The maximum atomic E-state index is 6.14. The molecule has 17 nitrogen and oxygen atoms in total. The predicted molar refractivity (Wildman–Crippen MR) is 587 cm³/mol. The first kappa shape index (κ1) is 107. The molecule has 3 N–H and O–H groups in total. The van der Waals surface area contributed by atoms with Crippen molar-refractivity contribution < 1.29 is 0 Å². The van der Waals surface area contributed by atoms with Crippen LogP contribution in [-0.4, -0.2) is 77.7 Å². The highest BCUT2D eigenvalue weighted by Crippen LogP contribution is 2.40. The fraction of sp³-hybridized carbons (Fsp3) is 0.398. The Morgan fingerprint density at radius 2 is 0.978 bits per heavy atom. The van der Waals surface area contributed by atoms with E-state index in [-0.39, 0.29) is 54.1 Å². The van der Waals surface area contributed by atoms with Gasteiger partial charge in [0.25, 0.3) is 0 Å². The number of para-hydroxylation sites is 1. The van der Waals surface area contributed by atoms with Crippen molar-refractivity contribution in [3.63, 3.8) is 0 Å². The summed E-state index contributed by atoms with van der Waals surface area (Å²) in [6, 6.07) is 43.9. The minimum Gasteiger partial charge on any atom is -0.358 e. The van der Waals surface area contributed by atoms with Crippen LogP contribution in [0.1, 0.15) is 285 Å². The number of aryl methyl sites for hydroxylation is 2. The topological polar surface area (TPSA) is 191 Å². The Kier molecular flexibility index (Phi) is 33.6. The van der Waals surface area contributed by atoms with Gasteiger partial charge in [0.2, 0.25) is 5.78 Å². The highest BCUT2D eigenvalue weighted by atomic mass is 35.5. The molecule has 137 heavy (non-hydrogen) atoms. The summed E-state index contributed by atoms with van der Waals surface area (Å²) in [7, 11) is 3.98. The van der Waals surface area contributed by atoms with Crippen LogP contribution in [0.5, 0.6) is 0 Å². The zero-order valence-corrected chi connectivity index (χ0v) is 91.7. The molecule has 4 aromatic carbocycles. The number of aromatic nitrogens is 16. The van der Waals surface area contributed by atoms with Crippen molar-refractivity contribution in [2.45, 2.75) is 281 Å². The van der Waals surface area contributed by atoms with Crippen LogP contribution in [0.4, 0.5) is 0 Å². The molecule has 2 aliphatic rings. The molecular formula is C113H140Cl5N17S2. The number of H-pyrrole nitrogens is 2. The average molecular weight is 1980 g/mol. The van der Waals surface area contributed by atoms with Crippen molar-refractivity contribution in [3.8, 4) is 0 Å². The van der Waals surface area contributed by atoms with Gasteiger partial charge in [0.05, 0.1) is 80.3 Å². The molecule has 0 bridgehead atoms. The molecule has 0 fully saturated rings. The first-order valence-electron chi connectivity index (χ1n) is 46.7.